The lowest BCUT2D eigenvalue weighted by Gasteiger charge is -2.21. The molecule has 1 aromatic heterocycles. The molecule has 0 spiro atoms. The summed E-state index contributed by atoms with van der Waals surface area (Å²) in [5, 5.41) is 0.573. The second-order valence-corrected chi connectivity index (χ2v) is 5.72. The van der Waals surface area contributed by atoms with Gasteiger partial charge in [0, 0.05) is 0 Å². The normalized spacial score (nSPS) is 11.8. The van der Waals surface area contributed by atoms with Gasteiger partial charge in [0.2, 0.25) is 5.43 Å². The minimum Gasteiger partial charge on any atom is -0.458 e. The fourth-order valence-electron chi connectivity index (χ4n) is 2.46. The third-order valence-electron chi connectivity index (χ3n) is 3.45. The van der Waals surface area contributed by atoms with Gasteiger partial charge in [-0.3, -0.25) is 4.79 Å². The summed E-state index contributed by atoms with van der Waals surface area (Å²) in [5.74, 6) is 0.511. The molecule has 0 saturated heterocycles. The van der Waals surface area contributed by atoms with Gasteiger partial charge in [0.05, 0.1) is 16.5 Å². The Morgan fingerprint density at radius 1 is 0.952 bits per heavy atom. The minimum absolute atomic E-state index is 0.0448. The number of nitrogens with two attached hydrogens (primary N) is 1. The third kappa shape index (κ3) is 2.36. The fraction of sp³-hybridized carbons (Fsp3) is 0.167. The molecule has 106 valence electrons. The average molecular weight is 279 g/mol. The Hall–Kier alpha value is -2.39. The molecule has 1 heterocycles. The highest BCUT2D eigenvalue weighted by atomic mass is 16.3. The van der Waals surface area contributed by atoms with Gasteiger partial charge in [0.1, 0.15) is 11.3 Å². The van der Waals surface area contributed by atoms with Crippen LogP contribution in [-0.2, 0) is 5.54 Å². The molecule has 0 radical (unpaired) electrons. The van der Waals surface area contributed by atoms with Gasteiger partial charge in [-0.2, -0.15) is 0 Å². The van der Waals surface area contributed by atoms with Crippen molar-refractivity contribution in [1.29, 1.82) is 0 Å². The van der Waals surface area contributed by atoms with Gasteiger partial charge in [-0.15, -0.1) is 0 Å². The average Bonchev–Trinajstić information content (AvgIpc) is 2.47. The van der Waals surface area contributed by atoms with E-state index in [4.69, 9.17) is 10.2 Å². The Kier molecular flexibility index (Phi) is 3.15. The molecule has 0 bridgehead atoms. The summed E-state index contributed by atoms with van der Waals surface area (Å²) < 4.78 is 5.97. The van der Waals surface area contributed by atoms with Crippen molar-refractivity contribution in [2.24, 2.45) is 5.73 Å². The molecule has 2 N–H and O–H groups in total. The molecular formula is C18H17NO2. The molecule has 0 aliphatic rings. The van der Waals surface area contributed by atoms with E-state index in [2.05, 4.69) is 0 Å². The van der Waals surface area contributed by atoms with Crippen LogP contribution in [0.4, 0.5) is 0 Å². The van der Waals surface area contributed by atoms with Crippen molar-refractivity contribution in [2.75, 3.05) is 0 Å². The van der Waals surface area contributed by atoms with Gasteiger partial charge in [-0.05, 0) is 31.5 Å². The van der Waals surface area contributed by atoms with E-state index in [1.807, 2.05) is 56.3 Å². The van der Waals surface area contributed by atoms with Crippen LogP contribution in [0.25, 0.3) is 22.1 Å². The maximum Gasteiger partial charge on any atom is 0.200 e. The van der Waals surface area contributed by atoms with E-state index >= 15 is 0 Å². The Morgan fingerprint density at radius 2 is 1.57 bits per heavy atom. The van der Waals surface area contributed by atoms with E-state index < -0.39 is 5.54 Å². The van der Waals surface area contributed by atoms with E-state index in [1.165, 1.54) is 0 Å². The van der Waals surface area contributed by atoms with Crippen LogP contribution in [-0.4, -0.2) is 0 Å². The number of benzene rings is 2. The number of rotatable bonds is 2. The number of para-hydroxylation sites is 1. The Morgan fingerprint density at radius 3 is 2.24 bits per heavy atom. The van der Waals surface area contributed by atoms with Crippen LogP contribution in [0.1, 0.15) is 19.6 Å². The van der Waals surface area contributed by atoms with E-state index in [1.54, 1.807) is 12.1 Å². The van der Waals surface area contributed by atoms with Crippen molar-refractivity contribution >= 4 is 11.0 Å². The zero-order valence-corrected chi connectivity index (χ0v) is 12.1. The SMILES string of the molecule is CC(C)(N)c1oc2ccccc2c(=O)c1-c1ccccc1. The topological polar surface area (TPSA) is 56.2 Å². The van der Waals surface area contributed by atoms with Crippen molar-refractivity contribution in [3.05, 3.63) is 70.6 Å². The maximum atomic E-state index is 12.9. The smallest absolute Gasteiger partial charge is 0.200 e. The number of fused-ring (bicyclic) bond motifs is 1. The summed E-state index contributed by atoms with van der Waals surface area (Å²) in [6.45, 7) is 3.68. The number of hydrogen-bond acceptors (Lipinski definition) is 3. The van der Waals surface area contributed by atoms with Crippen LogP contribution < -0.4 is 11.2 Å². The molecule has 0 atom stereocenters. The molecule has 0 fully saturated rings. The zero-order valence-electron chi connectivity index (χ0n) is 12.1. The molecule has 0 unspecified atom stereocenters. The van der Waals surface area contributed by atoms with Crippen LogP contribution >= 0.6 is 0 Å². The van der Waals surface area contributed by atoms with Crippen LogP contribution in [0.15, 0.2) is 63.8 Å². The lowest BCUT2D eigenvalue weighted by molar-refractivity contribution is 0.407. The Balaban J connectivity index is 2.46. The van der Waals surface area contributed by atoms with Crippen molar-refractivity contribution in [3.63, 3.8) is 0 Å². The zero-order chi connectivity index (χ0) is 15.0. The van der Waals surface area contributed by atoms with Crippen LogP contribution in [0, 0.1) is 0 Å². The van der Waals surface area contributed by atoms with E-state index in [0.29, 0.717) is 22.3 Å². The lowest BCUT2D eigenvalue weighted by atomic mass is 9.93. The Labute approximate surface area is 123 Å². The first-order valence-corrected chi connectivity index (χ1v) is 6.89. The highest BCUT2D eigenvalue weighted by molar-refractivity contribution is 5.83. The summed E-state index contributed by atoms with van der Waals surface area (Å²) in [6.07, 6.45) is 0. The quantitative estimate of drug-likeness (QED) is 0.779. The first-order chi connectivity index (χ1) is 9.98. The predicted octanol–water partition coefficient (Wildman–Crippen LogP) is 3.65. The van der Waals surface area contributed by atoms with Crippen molar-refractivity contribution in [1.82, 2.24) is 0 Å². The van der Waals surface area contributed by atoms with Crippen molar-refractivity contribution in [3.8, 4) is 11.1 Å². The van der Waals surface area contributed by atoms with Gasteiger partial charge in [0.15, 0.2) is 0 Å². The monoisotopic (exact) mass is 279 g/mol. The molecule has 0 aliphatic carbocycles. The lowest BCUT2D eigenvalue weighted by Crippen LogP contribution is -2.31. The van der Waals surface area contributed by atoms with Gasteiger partial charge < -0.3 is 10.2 Å². The minimum atomic E-state index is -0.742. The van der Waals surface area contributed by atoms with Crippen LogP contribution in [0.3, 0.4) is 0 Å². The third-order valence-corrected chi connectivity index (χ3v) is 3.45. The maximum absolute atomic E-state index is 12.9. The van der Waals surface area contributed by atoms with Crippen LogP contribution in [0.2, 0.25) is 0 Å². The summed E-state index contributed by atoms with van der Waals surface area (Å²) in [7, 11) is 0. The molecule has 3 nitrogen and oxygen atoms in total. The molecule has 3 heteroatoms. The van der Waals surface area contributed by atoms with Gasteiger partial charge in [0.25, 0.3) is 0 Å². The first-order valence-electron chi connectivity index (χ1n) is 6.89. The van der Waals surface area contributed by atoms with E-state index in [0.717, 1.165) is 5.56 Å². The number of hydrogen-bond donors (Lipinski definition) is 1. The molecule has 0 amide bonds. The van der Waals surface area contributed by atoms with Gasteiger partial charge in [-0.25, -0.2) is 0 Å². The molecule has 3 aromatic rings. The van der Waals surface area contributed by atoms with E-state index in [9.17, 15) is 4.79 Å². The summed E-state index contributed by atoms with van der Waals surface area (Å²) >= 11 is 0. The highest BCUT2D eigenvalue weighted by Crippen LogP contribution is 2.30. The summed E-state index contributed by atoms with van der Waals surface area (Å²) in [4.78, 5) is 12.9. The first kappa shape index (κ1) is 13.6. The predicted molar refractivity (Wildman–Crippen MR) is 85.1 cm³/mol. The molecule has 0 saturated carbocycles. The van der Waals surface area contributed by atoms with E-state index in [-0.39, 0.29) is 5.43 Å². The largest absolute Gasteiger partial charge is 0.458 e. The van der Waals surface area contributed by atoms with Gasteiger partial charge in [-0.1, -0.05) is 42.5 Å². The van der Waals surface area contributed by atoms with Gasteiger partial charge >= 0.3 is 0 Å². The van der Waals surface area contributed by atoms with Crippen molar-refractivity contribution < 1.29 is 4.42 Å². The molecule has 2 aromatic carbocycles. The Bertz CT molecular complexity index is 842. The van der Waals surface area contributed by atoms with Crippen molar-refractivity contribution in [2.45, 2.75) is 19.4 Å². The highest BCUT2D eigenvalue weighted by Gasteiger charge is 2.26. The standard InChI is InChI=1S/C18H17NO2/c1-18(2,19)17-15(12-8-4-3-5-9-12)16(20)13-10-6-7-11-14(13)21-17/h3-11H,19H2,1-2H3. The molecule has 0 aliphatic heterocycles. The molecule has 21 heavy (non-hydrogen) atoms. The fourth-order valence-corrected chi connectivity index (χ4v) is 2.46. The molecular weight excluding hydrogens is 262 g/mol. The molecule has 3 rings (SSSR count). The second-order valence-electron chi connectivity index (χ2n) is 5.72. The summed E-state index contributed by atoms with van der Waals surface area (Å²) in [5.41, 5.74) is 7.37. The second kappa shape index (κ2) is 4.86. The van der Waals surface area contributed by atoms with Crippen LogP contribution in [0.5, 0.6) is 0 Å². The summed E-state index contributed by atoms with van der Waals surface area (Å²) in [6, 6.07) is 16.8.